The van der Waals surface area contributed by atoms with Gasteiger partial charge in [-0.25, -0.2) is 0 Å². The zero-order valence-corrected chi connectivity index (χ0v) is 20.7. The highest BCUT2D eigenvalue weighted by atomic mass is 16.5. The monoisotopic (exact) mass is 483 g/mol. The number of ketones is 1. The van der Waals surface area contributed by atoms with E-state index in [1.807, 2.05) is 0 Å². The quantitative estimate of drug-likeness (QED) is 0.208. The molecule has 188 valence electrons. The van der Waals surface area contributed by atoms with E-state index in [9.17, 15) is 14.7 Å². The van der Waals surface area contributed by atoms with Gasteiger partial charge in [-0.15, -0.1) is 0 Å². The first-order valence-corrected chi connectivity index (χ1v) is 11.7. The van der Waals surface area contributed by atoms with Crippen molar-refractivity contribution >= 4 is 17.4 Å². The molecule has 8 heteroatoms. The van der Waals surface area contributed by atoms with Gasteiger partial charge in [0.25, 0.3) is 11.7 Å². The van der Waals surface area contributed by atoms with Gasteiger partial charge in [-0.1, -0.05) is 25.8 Å². The second-order valence-electron chi connectivity index (χ2n) is 8.18. The van der Waals surface area contributed by atoms with Crippen molar-refractivity contribution in [3.8, 4) is 17.2 Å². The molecule has 35 heavy (non-hydrogen) atoms. The molecular formula is C27H33NO7. The molecule has 3 rings (SSSR count). The van der Waals surface area contributed by atoms with Crippen LogP contribution in [-0.4, -0.2) is 62.8 Å². The molecule has 2 aromatic rings. The van der Waals surface area contributed by atoms with Crippen LogP contribution in [0.4, 0.5) is 0 Å². The first-order valence-electron chi connectivity index (χ1n) is 11.7. The molecule has 1 aliphatic rings. The zero-order valence-electron chi connectivity index (χ0n) is 20.7. The first kappa shape index (κ1) is 26.1. The van der Waals surface area contributed by atoms with Gasteiger partial charge in [0.2, 0.25) is 0 Å². The fraction of sp³-hybridized carbons (Fsp3) is 0.407. The molecule has 0 aliphatic carbocycles. The van der Waals surface area contributed by atoms with Crippen LogP contribution < -0.4 is 14.2 Å². The van der Waals surface area contributed by atoms with Crippen molar-refractivity contribution in [3.63, 3.8) is 0 Å². The number of amides is 1. The molecule has 1 heterocycles. The molecule has 8 nitrogen and oxygen atoms in total. The highest BCUT2D eigenvalue weighted by Crippen LogP contribution is 2.41. The topological polar surface area (TPSA) is 94.5 Å². The summed E-state index contributed by atoms with van der Waals surface area (Å²) in [6, 6.07) is 11.2. The molecule has 0 aromatic heterocycles. The number of unbranched alkanes of at least 4 members (excludes halogenated alkanes) is 2. The second-order valence-corrected chi connectivity index (χ2v) is 8.18. The molecule has 1 aliphatic heterocycles. The lowest BCUT2D eigenvalue weighted by atomic mass is 9.95. The lowest BCUT2D eigenvalue weighted by molar-refractivity contribution is -0.140. The molecule has 1 saturated heterocycles. The molecule has 0 bridgehead atoms. The van der Waals surface area contributed by atoms with Crippen LogP contribution in [0.5, 0.6) is 17.2 Å². The maximum absolute atomic E-state index is 13.1. The van der Waals surface area contributed by atoms with Gasteiger partial charge in [-0.3, -0.25) is 9.59 Å². The van der Waals surface area contributed by atoms with E-state index in [-0.39, 0.29) is 24.5 Å². The third-order valence-corrected chi connectivity index (χ3v) is 5.94. The average molecular weight is 484 g/mol. The molecular weight excluding hydrogens is 450 g/mol. The van der Waals surface area contributed by atoms with E-state index in [0.717, 1.165) is 19.3 Å². The average Bonchev–Trinajstić information content (AvgIpc) is 3.14. The van der Waals surface area contributed by atoms with Gasteiger partial charge in [-0.2, -0.15) is 0 Å². The molecule has 2 aromatic carbocycles. The van der Waals surface area contributed by atoms with Gasteiger partial charge in [0.15, 0.2) is 11.5 Å². The van der Waals surface area contributed by atoms with E-state index in [1.54, 1.807) is 42.5 Å². The second kappa shape index (κ2) is 12.3. The van der Waals surface area contributed by atoms with Crippen molar-refractivity contribution in [2.75, 3.05) is 41.1 Å². The van der Waals surface area contributed by atoms with Crippen molar-refractivity contribution in [1.29, 1.82) is 0 Å². The van der Waals surface area contributed by atoms with E-state index in [0.29, 0.717) is 35.0 Å². The summed E-state index contributed by atoms with van der Waals surface area (Å²) in [6.45, 7) is 3.16. The number of ether oxygens (including phenoxy) is 4. The van der Waals surface area contributed by atoms with Crippen LogP contribution in [-0.2, 0) is 14.3 Å². The van der Waals surface area contributed by atoms with E-state index in [2.05, 4.69) is 6.92 Å². The fourth-order valence-corrected chi connectivity index (χ4v) is 4.08. The van der Waals surface area contributed by atoms with E-state index < -0.39 is 17.7 Å². The van der Waals surface area contributed by atoms with Crippen LogP contribution in [0.15, 0.2) is 48.0 Å². The van der Waals surface area contributed by atoms with Crippen molar-refractivity contribution in [2.24, 2.45) is 0 Å². The Hall–Kier alpha value is -3.52. The number of carbonyl (C=O) groups excluding carboxylic acids is 2. The summed E-state index contributed by atoms with van der Waals surface area (Å²) in [4.78, 5) is 27.4. The van der Waals surface area contributed by atoms with Crippen LogP contribution in [0.3, 0.4) is 0 Å². The number of benzene rings is 2. The summed E-state index contributed by atoms with van der Waals surface area (Å²) in [7, 11) is 4.56. The fourth-order valence-electron chi connectivity index (χ4n) is 4.08. The number of methoxy groups -OCH3 is 3. The summed E-state index contributed by atoms with van der Waals surface area (Å²) >= 11 is 0. The number of hydrogen-bond acceptors (Lipinski definition) is 7. The number of likely N-dealkylation sites (tertiary alicyclic amines) is 1. The number of rotatable bonds is 12. The van der Waals surface area contributed by atoms with Gasteiger partial charge < -0.3 is 29.0 Å². The predicted molar refractivity (Wildman–Crippen MR) is 132 cm³/mol. The van der Waals surface area contributed by atoms with Crippen molar-refractivity contribution in [1.82, 2.24) is 4.90 Å². The number of aliphatic hydroxyl groups is 1. The van der Waals surface area contributed by atoms with Gasteiger partial charge in [-0.05, 0) is 48.4 Å². The Morgan fingerprint density at radius 2 is 1.66 bits per heavy atom. The van der Waals surface area contributed by atoms with Crippen LogP contribution in [0.25, 0.3) is 5.76 Å². The minimum atomic E-state index is -0.810. The molecule has 1 amide bonds. The highest BCUT2D eigenvalue weighted by molar-refractivity contribution is 6.46. The van der Waals surface area contributed by atoms with Crippen molar-refractivity contribution in [3.05, 3.63) is 59.2 Å². The van der Waals surface area contributed by atoms with Crippen molar-refractivity contribution in [2.45, 2.75) is 32.2 Å². The Morgan fingerprint density at radius 3 is 2.29 bits per heavy atom. The SMILES string of the molecule is CCCCCOc1ccc(/C(O)=C2/C(=O)C(=O)N(CCOC)C2c2ccc(OC)c(OC)c2)cc1. The number of carbonyl (C=O) groups is 2. The van der Waals surface area contributed by atoms with E-state index in [4.69, 9.17) is 18.9 Å². The molecule has 0 spiro atoms. The minimum Gasteiger partial charge on any atom is -0.507 e. The van der Waals surface area contributed by atoms with Crippen LogP contribution in [0, 0.1) is 0 Å². The lowest BCUT2D eigenvalue weighted by Crippen LogP contribution is -2.32. The summed E-state index contributed by atoms with van der Waals surface area (Å²) < 4.78 is 21.6. The van der Waals surface area contributed by atoms with Gasteiger partial charge in [0, 0.05) is 19.2 Å². The number of nitrogens with zero attached hydrogens (tertiary/aromatic N) is 1. The van der Waals surface area contributed by atoms with Gasteiger partial charge >= 0.3 is 0 Å². The Bertz CT molecular complexity index is 1060. The van der Waals surface area contributed by atoms with Crippen LogP contribution in [0.2, 0.25) is 0 Å². The lowest BCUT2D eigenvalue weighted by Gasteiger charge is -2.25. The standard InChI is InChI=1S/C27H33NO7/c1-5-6-7-15-35-20-11-8-18(9-12-20)25(29)23-24(28(14-16-32-2)27(31)26(23)30)19-10-13-21(33-3)22(17-19)34-4/h8-13,17,24,29H,5-7,14-16H2,1-4H3/b25-23-. The Kier molecular flexibility index (Phi) is 9.14. The Labute approximate surface area is 206 Å². The van der Waals surface area contributed by atoms with Crippen molar-refractivity contribution < 1.29 is 33.6 Å². The molecule has 1 unspecified atom stereocenters. The summed E-state index contributed by atoms with van der Waals surface area (Å²) in [5.41, 5.74) is 1.03. The summed E-state index contributed by atoms with van der Waals surface area (Å²) in [5.74, 6) is -0.0562. The largest absolute Gasteiger partial charge is 0.507 e. The minimum absolute atomic E-state index is 0.00920. The first-order chi connectivity index (χ1) is 17.0. The summed E-state index contributed by atoms with van der Waals surface area (Å²) in [6.07, 6.45) is 3.17. The zero-order chi connectivity index (χ0) is 25.4. The van der Waals surface area contributed by atoms with E-state index in [1.165, 1.54) is 26.2 Å². The van der Waals surface area contributed by atoms with Gasteiger partial charge in [0.1, 0.15) is 11.5 Å². The molecule has 0 radical (unpaired) electrons. The van der Waals surface area contributed by atoms with Crippen LogP contribution in [0.1, 0.15) is 43.4 Å². The maximum atomic E-state index is 13.1. The summed E-state index contributed by atoms with van der Waals surface area (Å²) in [5, 5.41) is 11.2. The number of aliphatic hydroxyl groups excluding tert-OH is 1. The highest BCUT2D eigenvalue weighted by Gasteiger charge is 2.46. The molecule has 1 N–H and O–H groups in total. The third-order valence-electron chi connectivity index (χ3n) is 5.94. The maximum Gasteiger partial charge on any atom is 0.295 e. The Morgan fingerprint density at radius 1 is 0.943 bits per heavy atom. The van der Waals surface area contributed by atoms with Crippen LogP contribution >= 0.6 is 0 Å². The molecule has 1 fully saturated rings. The molecule has 1 atom stereocenters. The third kappa shape index (κ3) is 5.77. The number of Topliss-reactive ketones (excluding diaryl/α,β-unsaturated/α-hetero) is 1. The normalized spacial score (nSPS) is 17.0. The number of hydrogen-bond donors (Lipinski definition) is 1. The van der Waals surface area contributed by atoms with E-state index >= 15 is 0 Å². The smallest absolute Gasteiger partial charge is 0.295 e. The predicted octanol–water partition coefficient (Wildman–Crippen LogP) is 4.34. The Balaban J connectivity index is 2.01. The van der Waals surface area contributed by atoms with Gasteiger partial charge in [0.05, 0.1) is 39.0 Å². The molecule has 0 saturated carbocycles.